The standard InChI is InChI=1S/C20H25N3O3/c1-3-23(4-2)17-12-10-16(11-13-17)22-19(24)14-21-20(25)15-26-18-8-6-5-7-9-18/h5-13H,3-4,14-15H2,1-2H3,(H,21,25)(H,22,24). The lowest BCUT2D eigenvalue weighted by Gasteiger charge is -2.21. The number of hydrogen-bond donors (Lipinski definition) is 2. The Hall–Kier alpha value is -3.02. The molecule has 2 aromatic carbocycles. The first-order valence-corrected chi connectivity index (χ1v) is 8.71. The first-order chi connectivity index (χ1) is 12.6. The second-order valence-electron chi connectivity index (χ2n) is 5.65. The van der Waals surface area contributed by atoms with Gasteiger partial charge in [0.05, 0.1) is 6.54 Å². The van der Waals surface area contributed by atoms with Crippen LogP contribution in [0.4, 0.5) is 11.4 Å². The minimum absolute atomic E-state index is 0.102. The zero-order valence-corrected chi connectivity index (χ0v) is 15.2. The van der Waals surface area contributed by atoms with Gasteiger partial charge in [-0.05, 0) is 50.2 Å². The van der Waals surface area contributed by atoms with Crippen LogP contribution in [0.1, 0.15) is 13.8 Å². The summed E-state index contributed by atoms with van der Waals surface area (Å²) >= 11 is 0. The maximum atomic E-state index is 11.9. The van der Waals surface area contributed by atoms with Gasteiger partial charge in [-0.15, -0.1) is 0 Å². The number of nitrogens with one attached hydrogen (secondary N) is 2. The molecule has 2 rings (SSSR count). The van der Waals surface area contributed by atoms with Crippen LogP contribution in [0.15, 0.2) is 54.6 Å². The molecule has 6 heteroatoms. The number of carbonyl (C=O) groups excluding carboxylic acids is 2. The van der Waals surface area contributed by atoms with Gasteiger partial charge in [0, 0.05) is 24.5 Å². The van der Waals surface area contributed by atoms with Crippen LogP contribution in [0.3, 0.4) is 0 Å². The second-order valence-corrected chi connectivity index (χ2v) is 5.65. The predicted molar refractivity (Wildman–Crippen MR) is 104 cm³/mol. The van der Waals surface area contributed by atoms with E-state index in [0.29, 0.717) is 11.4 Å². The van der Waals surface area contributed by atoms with Crippen molar-refractivity contribution < 1.29 is 14.3 Å². The number of hydrogen-bond acceptors (Lipinski definition) is 4. The van der Waals surface area contributed by atoms with E-state index in [1.54, 1.807) is 12.1 Å². The Morgan fingerprint density at radius 2 is 1.58 bits per heavy atom. The highest BCUT2D eigenvalue weighted by Gasteiger charge is 2.07. The van der Waals surface area contributed by atoms with Gasteiger partial charge in [0.1, 0.15) is 5.75 Å². The summed E-state index contributed by atoms with van der Waals surface area (Å²) in [5.41, 5.74) is 1.81. The highest BCUT2D eigenvalue weighted by molar-refractivity contribution is 5.94. The molecule has 0 aromatic heterocycles. The summed E-state index contributed by atoms with van der Waals surface area (Å²) in [5, 5.41) is 5.30. The third-order valence-corrected chi connectivity index (χ3v) is 3.84. The lowest BCUT2D eigenvalue weighted by Crippen LogP contribution is -2.35. The van der Waals surface area contributed by atoms with Gasteiger partial charge < -0.3 is 20.3 Å². The van der Waals surface area contributed by atoms with Crippen molar-refractivity contribution in [2.75, 3.05) is 36.5 Å². The summed E-state index contributed by atoms with van der Waals surface area (Å²) in [7, 11) is 0. The normalized spacial score (nSPS) is 10.1. The molecule has 2 amide bonds. The number of amides is 2. The van der Waals surface area contributed by atoms with Crippen molar-refractivity contribution in [1.82, 2.24) is 5.32 Å². The van der Waals surface area contributed by atoms with Crippen LogP contribution in [0.25, 0.3) is 0 Å². The average Bonchev–Trinajstić information content (AvgIpc) is 2.68. The summed E-state index contributed by atoms with van der Waals surface area (Å²) in [5.74, 6) is -0.0186. The van der Waals surface area contributed by atoms with Gasteiger partial charge in [-0.2, -0.15) is 0 Å². The molecule has 0 saturated heterocycles. The molecule has 0 spiro atoms. The van der Waals surface area contributed by atoms with E-state index in [2.05, 4.69) is 29.4 Å². The fourth-order valence-corrected chi connectivity index (χ4v) is 2.45. The molecule has 0 bridgehead atoms. The van der Waals surface area contributed by atoms with Gasteiger partial charge in [0.25, 0.3) is 5.91 Å². The van der Waals surface area contributed by atoms with Crippen LogP contribution in [-0.4, -0.2) is 38.1 Å². The van der Waals surface area contributed by atoms with Crippen molar-refractivity contribution >= 4 is 23.2 Å². The van der Waals surface area contributed by atoms with E-state index in [4.69, 9.17) is 4.74 Å². The van der Waals surface area contributed by atoms with Gasteiger partial charge in [-0.3, -0.25) is 9.59 Å². The van der Waals surface area contributed by atoms with E-state index in [9.17, 15) is 9.59 Å². The Balaban J connectivity index is 1.73. The van der Waals surface area contributed by atoms with Gasteiger partial charge in [0.15, 0.2) is 6.61 Å². The van der Waals surface area contributed by atoms with Crippen LogP contribution < -0.4 is 20.3 Å². The maximum absolute atomic E-state index is 11.9. The van der Waals surface area contributed by atoms with Crippen LogP contribution >= 0.6 is 0 Å². The van der Waals surface area contributed by atoms with E-state index in [-0.39, 0.29) is 25.0 Å². The van der Waals surface area contributed by atoms with Crippen molar-refractivity contribution in [3.05, 3.63) is 54.6 Å². The summed E-state index contributed by atoms with van der Waals surface area (Å²) in [4.78, 5) is 25.9. The number of benzene rings is 2. The Morgan fingerprint density at radius 1 is 0.923 bits per heavy atom. The van der Waals surface area contributed by atoms with Crippen LogP contribution in [0.5, 0.6) is 5.75 Å². The molecule has 0 unspecified atom stereocenters. The number of ether oxygens (including phenoxy) is 1. The molecule has 0 heterocycles. The lowest BCUT2D eigenvalue weighted by molar-refractivity contribution is -0.125. The molecular formula is C20H25N3O3. The zero-order valence-electron chi connectivity index (χ0n) is 15.2. The highest BCUT2D eigenvalue weighted by Crippen LogP contribution is 2.17. The quantitative estimate of drug-likeness (QED) is 0.725. The number of rotatable bonds is 9. The minimum atomic E-state index is -0.346. The SMILES string of the molecule is CCN(CC)c1ccc(NC(=O)CNC(=O)COc2ccccc2)cc1. The molecule has 2 N–H and O–H groups in total. The van der Waals surface area contributed by atoms with Crippen molar-refractivity contribution in [3.63, 3.8) is 0 Å². The molecule has 0 fully saturated rings. The molecule has 2 aromatic rings. The first kappa shape index (κ1) is 19.3. The molecule has 6 nitrogen and oxygen atoms in total. The number of para-hydroxylation sites is 1. The van der Waals surface area contributed by atoms with Crippen LogP contribution in [-0.2, 0) is 9.59 Å². The number of carbonyl (C=O) groups is 2. The van der Waals surface area contributed by atoms with E-state index < -0.39 is 0 Å². The number of anilines is 2. The molecule has 0 aliphatic heterocycles. The Labute approximate surface area is 154 Å². The van der Waals surface area contributed by atoms with E-state index in [1.807, 2.05) is 42.5 Å². The highest BCUT2D eigenvalue weighted by atomic mass is 16.5. The Bertz CT molecular complexity index is 698. The van der Waals surface area contributed by atoms with E-state index >= 15 is 0 Å². The third kappa shape index (κ3) is 6.12. The smallest absolute Gasteiger partial charge is 0.258 e. The fourth-order valence-electron chi connectivity index (χ4n) is 2.45. The van der Waals surface area contributed by atoms with Gasteiger partial charge in [-0.1, -0.05) is 18.2 Å². The van der Waals surface area contributed by atoms with Crippen molar-refractivity contribution in [3.8, 4) is 5.75 Å². The zero-order chi connectivity index (χ0) is 18.8. The average molecular weight is 355 g/mol. The van der Waals surface area contributed by atoms with Crippen LogP contribution in [0, 0.1) is 0 Å². The van der Waals surface area contributed by atoms with Gasteiger partial charge in [0.2, 0.25) is 5.91 Å². The molecule has 0 saturated carbocycles. The monoisotopic (exact) mass is 355 g/mol. The fraction of sp³-hybridized carbons (Fsp3) is 0.300. The van der Waals surface area contributed by atoms with Crippen molar-refractivity contribution in [2.24, 2.45) is 0 Å². The molecule has 0 aliphatic rings. The van der Waals surface area contributed by atoms with Gasteiger partial charge >= 0.3 is 0 Å². The summed E-state index contributed by atoms with van der Waals surface area (Å²) in [6.45, 7) is 5.83. The number of nitrogens with zero attached hydrogens (tertiary/aromatic N) is 1. The summed E-state index contributed by atoms with van der Waals surface area (Å²) in [6.07, 6.45) is 0. The maximum Gasteiger partial charge on any atom is 0.258 e. The molecule has 138 valence electrons. The predicted octanol–water partition coefficient (Wildman–Crippen LogP) is 2.67. The van der Waals surface area contributed by atoms with Crippen molar-refractivity contribution in [1.29, 1.82) is 0 Å². The van der Waals surface area contributed by atoms with E-state index in [0.717, 1.165) is 18.8 Å². The molecular weight excluding hydrogens is 330 g/mol. The molecule has 0 radical (unpaired) electrons. The molecule has 0 aliphatic carbocycles. The lowest BCUT2D eigenvalue weighted by atomic mass is 10.2. The molecule has 26 heavy (non-hydrogen) atoms. The summed E-state index contributed by atoms with van der Waals surface area (Å²) < 4.78 is 5.33. The second kappa shape index (κ2) is 10.1. The van der Waals surface area contributed by atoms with Crippen LogP contribution in [0.2, 0.25) is 0 Å². The summed E-state index contributed by atoms with van der Waals surface area (Å²) in [6, 6.07) is 16.7. The van der Waals surface area contributed by atoms with Crippen molar-refractivity contribution in [2.45, 2.75) is 13.8 Å². The first-order valence-electron chi connectivity index (χ1n) is 8.71. The molecule has 0 atom stereocenters. The Kier molecular flexibility index (Phi) is 7.49. The minimum Gasteiger partial charge on any atom is -0.484 e. The van der Waals surface area contributed by atoms with E-state index in [1.165, 1.54) is 0 Å². The largest absolute Gasteiger partial charge is 0.484 e. The van der Waals surface area contributed by atoms with Gasteiger partial charge in [-0.25, -0.2) is 0 Å². The topological polar surface area (TPSA) is 70.7 Å². The Morgan fingerprint density at radius 3 is 2.19 bits per heavy atom. The third-order valence-electron chi connectivity index (χ3n) is 3.84.